The smallest absolute Gasteiger partial charge is 0.255 e. The van der Waals surface area contributed by atoms with Crippen LogP contribution >= 0.6 is 11.3 Å². The fourth-order valence-electron chi connectivity index (χ4n) is 1.95. The molecule has 0 saturated heterocycles. The number of nitrogens with zero attached hydrogens (tertiary/aromatic N) is 1. The molecule has 120 valence electrons. The molecule has 0 aliphatic heterocycles. The predicted molar refractivity (Wildman–Crippen MR) is 90.0 cm³/mol. The average molecular weight is 368 g/mol. The first-order chi connectivity index (χ1) is 10.8. The van der Waals surface area contributed by atoms with Crippen LogP contribution in [0.3, 0.4) is 0 Å². The van der Waals surface area contributed by atoms with Gasteiger partial charge in [-0.1, -0.05) is 29.5 Å². The van der Waals surface area contributed by atoms with E-state index in [0.29, 0.717) is 10.2 Å². The van der Waals surface area contributed by atoms with Gasteiger partial charge in [-0.05, 0) is 30.3 Å². The molecule has 0 spiro atoms. The van der Waals surface area contributed by atoms with Crippen molar-refractivity contribution in [2.75, 3.05) is 11.0 Å². The topological polar surface area (TPSA) is 93.2 Å². The summed E-state index contributed by atoms with van der Waals surface area (Å²) in [7, 11) is -7.04. The molecule has 0 fully saturated rings. The number of rotatable bonds is 4. The predicted octanol–water partition coefficient (Wildman–Crippen LogP) is 2.50. The number of sulfone groups is 1. The summed E-state index contributed by atoms with van der Waals surface area (Å²) in [4.78, 5) is 4.49. The van der Waals surface area contributed by atoms with Crippen molar-refractivity contribution >= 4 is 46.5 Å². The van der Waals surface area contributed by atoms with E-state index < -0.39 is 19.9 Å². The van der Waals surface area contributed by atoms with Gasteiger partial charge in [-0.15, -0.1) is 0 Å². The van der Waals surface area contributed by atoms with Crippen molar-refractivity contribution in [2.45, 2.75) is 9.79 Å². The first-order valence-electron chi connectivity index (χ1n) is 6.44. The number of aromatic nitrogens is 1. The monoisotopic (exact) mass is 368 g/mol. The highest BCUT2D eigenvalue weighted by Gasteiger charge is 2.17. The Bertz CT molecular complexity index is 1070. The Morgan fingerprint density at radius 1 is 0.957 bits per heavy atom. The number of hydrogen-bond donors (Lipinski definition) is 1. The van der Waals surface area contributed by atoms with Crippen LogP contribution in [0.4, 0.5) is 5.13 Å². The fourth-order valence-corrected chi connectivity index (χ4v) is 4.84. The van der Waals surface area contributed by atoms with Crippen LogP contribution in [0.1, 0.15) is 0 Å². The summed E-state index contributed by atoms with van der Waals surface area (Å²) in [5.41, 5.74) is 0.535. The van der Waals surface area contributed by atoms with Crippen LogP contribution in [0, 0.1) is 0 Å². The molecule has 0 bridgehead atoms. The van der Waals surface area contributed by atoms with Crippen molar-refractivity contribution in [1.29, 1.82) is 0 Å². The Morgan fingerprint density at radius 3 is 2.30 bits per heavy atom. The minimum atomic E-state index is -3.72. The summed E-state index contributed by atoms with van der Waals surface area (Å²) < 4.78 is 50.7. The van der Waals surface area contributed by atoms with Crippen LogP contribution in [0.25, 0.3) is 10.2 Å². The van der Waals surface area contributed by atoms with Crippen molar-refractivity contribution in [3.63, 3.8) is 0 Å². The largest absolute Gasteiger partial charge is 0.263 e. The molecule has 6 nitrogen and oxygen atoms in total. The lowest BCUT2D eigenvalue weighted by atomic mass is 10.3. The van der Waals surface area contributed by atoms with Crippen molar-refractivity contribution < 1.29 is 16.8 Å². The number of benzene rings is 2. The molecule has 0 unspecified atom stereocenters. The summed E-state index contributed by atoms with van der Waals surface area (Å²) >= 11 is 1.08. The van der Waals surface area contributed by atoms with E-state index >= 15 is 0 Å². The van der Waals surface area contributed by atoms with Crippen LogP contribution in [0.5, 0.6) is 0 Å². The summed E-state index contributed by atoms with van der Waals surface area (Å²) in [5, 5.41) is 0.189. The van der Waals surface area contributed by atoms with E-state index in [0.717, 1.165) is 17.6 Å². The standard InChI is InChI=1S/C14H12N2O4S3/c1-22(17,18)11-7-8-12-13(9-11)21-14(15-12)16-23(19,20)10-5-3-2-4-6-10/h2-9H,1H3,(H,15,16). The lowest BCUT2D eigenvalue weighted by molar-refractivity contribution is 0.600. The van der Waals surface area contributed by atoms with Gasteiger partial charge in [-0.3, -0.25) is 4.72 Å². The van der Waals surface area contributed by atoms with E-state index in [1.54, 1.807) is 24.3 Å². The normalized spacial score (nSPS) is 12.4. The molecule has 0 saturated carbocycles. The molecule has 3 rings (SSSR count). The van der Waals surface area contributed by atoms with E-state index in [1.807, 2.05) is 0 Å². The third kappa shape index (κ3) is 3.36. The Hall–Kier alpha value is -1.97. The van der Waals surface area contributed by atoms with Crippen molar-refractivity contribution in [1.82, 2.24) is 4.98 Å². The summed E-state index contributed by atoms with van der Waals surface area (Å²) in [6, 6.07) is 12.5. The van der Waals surface area contributed by atoms with Gasteiger partial charge < -0.3 is 0 Å². The minimum Gasteiger partial charge on any atom is -0.255 e. The van der Waals surface area contributed by atoms with Crippen LogP contribution in [-0.2, 0) is 19.9 Å². The Kier molecular flexibility index (Phi) is 3.86. The highest BCUT2D eigenvalue weighted by molar-refractivity contribution is 7.93. The van der Waals surface area contributed by atoms with Gasteiger partial charge in [0.1, 0.15) is 0 Å². The van der Waals surface area contributed by atoms with Gasteiger partial charge in [-0.25, -0.2) is 21.8 Å². The molecular formula is C14H12N2O4S3. The molecule has 1 aromatic heterocycles. The summed E-state index contributed by atoms with van der Waals surface area (Å²) in [6.45, 7) is 0. The number of nitrogens with one attached hydrogen (secondary N) is 1. The molecule has 1 heterocycles. The van der Waals surface area contributed by atoms with Gasteiger partial charge in [0.2, 0.25) is 0 Å². The third-order valence-corrected chi connectivity index (χ3v) is 6.59. The maximum absolute atomic E-state index is 12.3. The molecular weight excluding hydrogens is 356 g/mol. The number of thiazole rings is 1. The Balaban J connectivity index is 1.99. The van der Waals surface area contributed by atoms with Gasteiger partial charge in [0, 0.05) is 6.26 Å². The summed E-state index contributed by atoms with van der Waals surface area (Å²) in [5.74, 6) is 0. The SMILES string of the molecule is CS(=O)(=O)c1ccc2nc(NS(=O)(=O)c3ccccc3)sc2c1. The van der Waals surface area contributed by atoms with E-state index in [-0.39, 0.29) is 14.9 Å². The maximum atomic E-state index is 12.3. The van der Waals surface area contributed by atoms with Crippen molar-refractivity contribution in [2.24, 2.45) is 0 Å². The van der Waals surface area contributed by atoms with Crippen LogP contribution in [0.2, 0.25) is 0 Å². The van der Waals surface area contributed by atoms with Gasteiger partial charge in [-0.2, -0.15) is 0 Å². The zero-order valence-electron chi connectivity index (χ0n) is 11.9. The average Bonchev–Trinajstić information content (AvgIpc) is 2.87. The van der Waals surface area contributed by atoms with Crippen molar-refractivity contribution in [3.8, 4) is 0 Å². The second-order valence-electron chi connectivity index (χ2n) is 4.84. The van der Waals surface area contributed by atoms with E-state index in [4.69, 9.17) is 0 Å². The zero-order chi connectivity index (χ0) is 16.7. The molecule has 0 aliphatic carbocycles. The third-order valence-electron chi connectivity index (χ3n) is 3.06. The van der Waals surface area contributed by atoms with Gasteiger partial charge in [0.25, 0.3) is 10.0 Å². The minimum absolute atomic E-state index is 0.135. The molecule has 0 radical (unpaired) electrons. The highest BCUT2D eigenvalue weighted by atomic mass is 32.2. The van der Waals surface area contributed by atoms with Gasteiger partial charge in [0.15, 0.2) is 15.0 Å². The quantitative estimate of drug-likeness (QED) is 0.764. The molecule has 0 amide bonds. The summed E-state index contributed by atoms with van der Waals surface area (Å²) in [6.07, 6.45) is 1.12. The van der Waals surface area contributed by atoms with Crippen molar-refractivity contribution in [3.05, 3.63) is 48.5 Å². The lowest BCUT2D eigenvalue weighted by Crippen LogP contribution is -2.12. The second-order valence-corrected chi connectivity index (χ2v) is 9.57. The van der Waals surface area contributed by atoms with E-state index in [1.165, 1.54) is 24.3 Å². The first-order valence-corrected chi connectivity index (χ1v) is 10.6. The Labute approximate surface area is 137 Å². The first kappa shape index (κ1) is 15.9. The fraction of sp³-hybridized carbons (Fsp3) is 0.0714. The number of anilines is 1. The number of hydrogen-bond acceptors (Lipinski definition) is 6. The molecule has 2 aromatic carbocycles. The van der Waals surface area contributed by atoms with E-state index in [2.05, 4.69) is 9.71 Å². The molecule has 23 heavy (non-hydrogen) atoms. The van der Waals surface area contributed by atoms with E-state index in [9.17, 15) is 16.8 Å². The molecule has 1 N–H and O–H groups in total. The van der Waals surface area contributed by atoms with Crippen LogP contribution < -0.4 is 4.72 Å². The molecule has 0 atom stereocenters. The molecule has 3 aromatic rings. The Morgan fingerprint density at radius 2 is 1.65 bits per heavy atom. The second kappa shape index (κ2) is 5.59. The lowest BCUT2D eigenvalue weighted by Gasteiger charge is -2.03. The molecule has 0 aliphatic rings. The zero-order valence-corrected chi connectivity index (χ0v) is 14.4. The van der Waals surface area contributed by atoms with Crippen LogP contribution in [-0.4, -0.2) is 28.1 Å². The highest BCUT2D eigenvalue weighted by Crippen LogP contribution is 2.29. The van der Waals surface area contributed by atoms with Gasteiger partial charge in [0.05, 0.1) is 20.0 Å². The maximum Gasteiger partial charge on any atom is 0.263 e. The number of fused-ring (bicyclic) bond motifs is 1. The molecule has 9 heteroatoms. The van der Waals surface area contributed by atoms with Crippen LogP contribution in [0.15, 0.2) is 58.3 Å². The number of sulfonamides is 1. The van der Waals surface area contributed by atoms with Gasteiger partial charge >= 0.3 is 0 Å².